The van der Waals surface area contributed by atoms with Gasteiger partial charge in [0.15, 0.2) is 0 Å². The van der Waals surface area contributed by atoms with Crippen LogP contribution in [0.4, 0.5) is 0 Å². The van der Waals surface area contributed by atoms with Gasteiger partial charge in [-0.25, -0.2) is 8.42 Å². The minimum Gasteiger partial charge on any atom is -0.493 e. The van der Waals surface area contributed by atoms with Crippen LogP contribution in [0.2, 0.25) is 0 Å². The lowest BCUT2D eigenvalue weighted by Gasteiger charge is -2.21. The Bertz CT molecular complexity index is 525. The van der Waals surface area contributed by atoms with E-state index in [0.29, 0.717) is 12.5 Å². The van der Waals surface area contributed by atoms with E-state index in [1.807, 2.05) is 24.3 Å². The molecule has 0 aliphatic carbocycles. The highest BCUT2D eigenvalue weighted by Gasteiger charge is 2.23. The Kier molecular flexibility index (Phi) is 6.64. The van der Waals surface area contributed by atoms with Crippen molar-refractivity contribution < 1.29 is 18.3 Å². The Balaban J connectivity index is 2.77. The number of sulfone groups is 1. The summed E-state index contributed by atoms with van der Waals surface area (Å²) in [6, 6.07) is 7.26. The first kappa shape index (κ1) is 17.9. The smallest absolute Gasteiger partial charge is 0.150 e. The standard InChI is InChI=1S/C15H25NO4S/c1-11(2)9-20-13-6-4-12(5-7-13)14(8-16)15(17)10-21(3,18)19/h4-7,11,14-15,17H,8-10,16H2,1-3H3. The third kappa shape index (κ3) is 6.46. The molecule has 1 aromatic rings. The van der Waals surface area contributed by atoms with Crippen molar-refractivity contribution >= 4 is 9.84 Å². The lowest BCUT2D eigenvalue weighted by atomic mass is 9.94. The van der Waals surface area contributed by atoms with Crippen molar-refractivity contribution in [2.24, 2.45) is 11.7 Å². The Morgan fingerprint density at radius 1 is 1.24 bits per heavy atom. The number of aliphatic hydroxyl groups is 1. The van der Waals surface area contributed by atoms with E-state index >= 15 is 0 Å². The largest absolute Gasteiger partial charge is 0.493 e. The Hall–Kier alpha value is -1.11. The molecule has 2 unspecified atom stereocenters. The molecule has 0 bridgehead atoms. The highest BCUT2D eigenvalue weighted by Crippen LogP contribution is 2.23. The minimum absolute atomic E-state index is 0.183. The number of hydrogen-bond acceptors (Lipinski definition) is 5. The summed E-state index contributed by atoms with van der Waals surface area (Å²) in [7, 11) is -3.24. The summed E-state index contributed by atoms with van der Waals surface area (Å²) < 4.78 is 28.1. The van der Waals surface area contributed by atoms with E-state index in [1.165, 1.54) is 0 Å². The fourth-order valence-corrected chi connectivity index (χ4v) is 2.87. The van der Waals surface area contributed by atoms with Crippen LogP contribution in [0.25, 0.3) is 0 Å². The van der Waals surface area contributed by atoms with Gasteiger partial charge in [-0.1, -0.05) is 26.0 Å². The summed E-state index contributed by atoms with van der Waals surface area (Å²) in [4.78, 5) is 0. The molecule has 1 rings (SSSR count). The molecule has 0 saturated carbocycles. The average molecular weight is 315 g/mol. The van der Waals surface area contributed by atoms with Crippen molar-refractivity contribution in [2.45, 2.75) is 25.9 Å². The van der Waals surface area contributed by atoms with Gasteiger partial charge < -0.3 is 15.6 Å². The van der Waals surface area contributed by atoms with Crippen LogP contribution in [0.1, 0.15) is 25.3 Å². The molecule has 120 valence electrons. The van der Waals surface area contributed by atoms with Crippen LogP contribution in [0.15, 0.2) is 24.3 Å². The van der Waals surface area contributed by atoms with Crippen LogP contribution in [0.3, 0.4) is 0 Å². The minimum atomic E-state index is -3.24. The molecule has 0 radical (unpaired) electrons. The highest BCUT2D eigenvalue weighted by atomic mass is 32.2. The van der Waals surface area contributed by atoms with Crippen LogP contribution in [0.5, 0.6) is 5.75 Å². The SMILES string of the molecule is CC(C)COc1ccc(C(CN)C(O)CS(C)(=O)=O)cc1. The van der Waals surface area contributed by atoms with Crippen LogP contribution < -0.4 is 10.5 Å². The molecule has 0 heterocycles. The van der Waals surface area contributed by atoms with Crippen molar-refractivity contribution in [3.63, 3.8) is 0 Å². The lowest BCUT2D eigenvalue weighted by Crippen LogP contribution is -2.31. The van der Waals surface area contributed by atoms with Gasteiger partial charge in [0.25, 0.3) is 0 Å². The lowest BCUT2D eigenvalue weighted by molar-refractivity contribution is 0.167. The predicted octanol–water partition coefficient (Wildman–Crippen LogP) is 1.17. The highest BCUT2D eigenvalue weighted by molar-refractivity contribution is 7.90. The van der Waals surface area contributed by atoms with Gasteiger partial charge in [-0.3, -0.25) is 0 Å². The second-order valence-corrected chi connectivity index (χ2v) is 7.96. The molecule has 3 N–H and O–H groups in total. The van der Waals surface area contributed by atoms with Gasteiger partial charge >= 0.3 is 0 Å². The molecular formula is C15H25NO4S. The zero-order chi connectivity index (χ0) is 16.0. The van der Waals surface area contributed by atoms with Gasteiger partial charge in [0.05, 0.1) is 18.5 Å². The molecule has 1 aromatic carbocycles. The first-order valence-corrected chi connectivity index (χ1v) is 9.07. The van der Waals surface area contributed by atoms with Gasteiger partial charge in [0, 0.05) is 18.7 Å². The van der Waals surface area contributed by atoms with Gasteiger partial charge in [-0.2, -0.15) is 0 Å². The molecule has 0 aliphatic rings. The van der Waals surface area contributed by atoms with Gasteiger partial charge in [0.1, 0.15) is 15.6 Å². The summed E-state index contributed by atoms with van der Waals surface area (Å²) in [6.07, 6.45) is 0.0968. The second kappa shape index (κ2) is 7.77. The Morgan fingerprint density at radius 3 is 2.24 bits per heavy atom. The number of hydrogen-bond donors (Lipinski definition) is 2. The Morgan fingerprint density at radius 2 is 1.81 bits per heavy atom. The molecule has 2 atom stereocenters. The quantitative estimate of drug-likeness (QED) is 0.751. The molecule has 0 aromatic heterocycles. The summed E-state index contributed by atoms with van der Waals surface area (Å²) in [5, 5.41) is 10.1. The number of ether oxygens (including phenoxy) is 1. The van der Waals surface area contributed by atoms with Gasteiger partial charge in [-0.15, -0.1) is 0 Å². The molecule has 0 aliphatic heterocycles. The molecule has 5 nitrogen and oxygen atoms in total. The van der Waals surface area contributed by atoms with E-state index < -0.39 is 21.9 Å². The maximum absolute atomic E-state index is 11.3. The molecule has 0 saturated heterocycles. The summed E-state index contributed by atoms with van der Waals surface area (Å²) in [6.45, 7) is 4.96. The van der Waals surface area contributed by atoms with Crippen molar-refractivity contribution in [1.29, 1.82) is 0 Å². The molecule has 0 amide bonds. The van der Waals surface area contributed by atoms with Crippen LogP contribution >= 0.6 is 0 Å². The first-order chi connectivity index (χ1) is 9.73. The predicted molar refractivity (Wildman–Crippen MR) is 84.3 cm³/mol. The number of aliphatic hydroxyl groups excluding tert-OH is 1. The van der Waals surface area contributed by atoms with E-state index in [1.54, 1.807) is 0 Å². The fourth-order valence-electron chi connectivity index (χ4n) is 2.02. The molecule has 21 heavy (non-hydrogen) atoms. The van der Waals surface area contributed by atoms with Crippen LogP contribution in [-0.2, 0) is 9.84 Å². The molecule has 6 heteroatoms. The van der Waals surface area contributed by atoms with E-state index in [2.05, 4.69) is 13.8 Å². The van der Waals surface area contributed by atoms with Crippen molar-refractivity contribution in [3.8, 4) is 5.75 Å². The van der Waals surface area contributed by atoms with E-state index in [4.69, 9.17) is 10.5 Å². The van der Waals surface area contributed by atoms with E-state index in [9.17, 15) is 13.5 Å². The van der Waals surface area contributed by atoms with Gasteiger partial charge in [-0.05, 0) is 23.6 Å². The monoisotopic (exact) mass is 315 g/mol. The topological polar surface area (TPSA) is 89.6 Å². The van der Waals surface area contributed by atoms with Crippen molar-refractivity contribution in [1.82, 2.24) is 0 Å². The summed E-state index contributed by atoms with van der Waals surface area (Å²) in [5.74, 6) is 0.498. The molecular weight excluding hydrogens is 290 g/mol. The first-order valence-electron chi connectivity index (χ1n) is 7.01. The maximum atomic E-state index is 11.3. The second-order valence-electron chi connectivity index (χ2n) is 5.78. The zero-order valence-corrected chi connectivity index (χ0v) is 13.6. The summed E-state index contributed by atoms with van der Waals surface area (Å²) in [5.41, 5.74) is 6.49. The van der Waals surface area contributed by atoms with Gasteiger partial charge in [0.2, 0.25) is 0 Å². The number of benzene rings is 1. The zero-order valence-electron chi connectivity index (χ0n) is 12.8. The third-order valence-corrected chi connectivity index (χ3v) is 4.03. The third-order valence-electron chi connectivity index (χ3n) is 3.08. The molecule has 0 fully saturated rings. The van der Waals surface area contributed by atoms with E-state index in [0.717, 1.165) is 17.6 Å². The average Bonchev–Trinajstić information content (AvgIpc) is 2.36. The van der Waals surface area contributed by atoms with Crippen LogP contribution in [-0.4, -0.2) is 44.8 Å². The Labute approximate surface area is 127 Å². The van der Waals surface area contributed by atoms with Crippen molar-refractivity contribution in [3.05, 3.63) is 29.8 Å². The normalized spacial score (nSPS) is 15.0. The van der Waals surface area contributed by atoms with Crippen molar-refractivity contribution in [2.75, 3.05) is 25.2 Å². The fraction of sp³-hybridized carbons (Fsp3) is 0.600. The number of nitrogens with two attached hydrogens (primary N) is 1. The van der Waals surface area contributed by atoms with E-state index in [-0.39, 0.29) is 12.3 Å². The number of rotatable bonds is 8. The van der Waals surface area contributed by atoms with Crippen LogP contribution in [0, 0.1) is 5.92 Å². The summed E-state index contributed by atoms with van der Waals surface area (Å²) >= 11 is 0. The maximum Gasteiger partial charge on any atom is 0.150 e. The molecule has 0 spiro atoms.